The van der Waals surface area contributed by atoms with E-state index in [9.17, 15) is 4.79 Å². The van der Waals surface area contributed by atoms with Crippen molar-refractivity contribution in [1.82, 2.24) is 9.88 Å². The molecule has 3 heterocycles. The minimum atomic E-state index is -0.469. The molecule has 190 valence electrons. The van der Waals surface area contributed by atoms with E-state index in [1.807, 2.05) is 65.0 Å². The molecule has 2 aromatic carbocycles. The predicted octanol–water partition coefficient (Wildman–Crippen LogP) is 4.75. The van der Waals surface area contributed by atoms with Gasteiger partial charge in [0.05, 0.1) is 29.3 Å². The molecule has 7 nitrogen and oxygen atoms in total. The molecule has 0 aliphatic carbocycles. The number of fused-ring (bicyclic) bond motifs is 1. The number of nitrogens with zero attached hydrogens (tertiary/aromatic N) is 2. The van der Waals surface area contributed by atoms with E-state index in [0.29, 0.717) is 35.1 Å². The summed E-state index contributed by atoms with van der Waals surface area (Å²) >= 11 is 6.62. The van der Waals surface area contributed by atoms with E-state index in [0.717, 1.165) is 35.1 Å². The Bertz CT molecular complexity index is 1300. The Morgan fingerprint density at radius 2 is 1.94 bits per heavy atom. The fourth-order valence-corrected chi connectivity index (χ4v) is 5.23. The zero-order chi connectivity index (χ0) is 25.8. The summed E-state index contributed by atoms with van der Waals surface area (Å²) in [5, 5.41) is 0.518. The first-order valence-corrected chi connectivity index (χ1v) is 12.7. The van der Waals surface area contributed by atoms with Crippen LogP contribution in [0.4, 0.5) is 0 Å². The van der Waals surface area contributed by atoms with Gasteiger partial charge in [-0.15, -0.1) is 0 Å². The lowest BCUT2D eigenvalue weighted by Gasteiger charge is -2.32. The first-order valence-electron chi connectivity index (χ1n) is 12.3. The summed E-state index contributed by atoms with van der Waals surface area (Å²) < 4.78 is 23.6. The summed E-state index contributed by atoms with van der Waals surface area (Å²) in [7, 11) is 0.969. The number of carbonyl (C=O) groups is 1. The number of aromatic nitrogens is 1. The molecule has 1 aromatic heterocycles. The van der Waals surface area contributed by atoms with Crippen LogP contribution in [-0.2, 0) is 25.4 Å². The van der Waals surface area contributed by atoms with Crippen LogP contribution in [0.2, 0.25) is 5.02 Å². The van der Waals surface area contributed by atoms with Crippen LogP contribution < -0.4 is 5.46 Å². The Balaban J connectivity index is 1.41. The highest BCUT2D eigenvalue weighted by Gasteiger charge is 2.52. The van der Waals surface area contributed by atoms with E-state index in [4.69, 9.17) is 35.0 Å². The van der Waals surface area contributed by atoms with E-state index in [2.05, 4.69) is 4.90 Å². The fourth-order valence-electron chi connectivity index (χ4n) is 4.96. The van der Waals surface area contributed by atoms with Crippen LogP contribution >= 0.6 is 11.6 Å². The number of carbonyl (C=O) groups excluding carboxylic acids is 1. The van der Waals surface area contributed by atoms with Crippen LogP contribution in [0, 0.1) is 12.8 Å². The molecule has 2 aliphatic heterocycles. The van der Waals surface area contributed by atoms with Crippen LogP contribution in [0.25, 0.3) is 22.6 Å². The summed E-state index contributed by atoms with van der Waals surface area (Å²) in [5.74, 6) is 0.282. The Labute approximate surface area is 217 Å². The van der Waals surface area contributed by atoms with Crippen LogP contribution in [0.15, 0.2) is 34.7 Å². The zero-order valence-corrected chi connectivity index (χ0v) is 22.4. The summed E-state index contributed by atoms with van der Waals surface area (Å²) in [4.78, 5) is 18.9. The third-order valence-electron chi connectivity index (χ3n) is 7.83. The fraction of sp³-hybridized carbons (Fsp3) is 0.481. The van der Waals surface area contributed by atoms with E-state index >= 15 is 0 Å². The van der Waals surface area contributed by atoms with Crippen LogP contribution in [0.5, 0.6) is 0 Å². The van der Waals surface area contributed by atoms with Crippen LogP contribution in [-0.4, -0.2) is 54.4 Å². The van der Waals surface area contributed by atoms with E-state index < -0.39 is 18.3 Å². The molecule has 0 saturated carbocycles. The smallest absolute Gasteiger partial charge is 0.469 e. The van der Waals surface area contributed by atoms with E-state index in [1.54, 1.807) is 0 Å². The summed E-state index contributed by atoms with van der Waals surface area (Å²) in [6, 6.07) is 9.90. The van der Waals surface area contributed by atoms with Crippen molar-refractivity contribution < 1.29 is 23.3 Å². The molecule has 2 fully saturated rings. The maximum atomic E-state index is 11.9. The Hall–Kier alpha value is -2.39. The van der Waals surface area contributed by atoms with Gasteiger partial charge in [0.25, 0.3) is 0 Å². The lowest BCUT2D eigenvalue weighted by Crippen LogP contribution is -2.41. The minimum Gasteiger partial charge on any atom is -0.469 e. The average Bonchev–Trinajstić information content (AvgIpc) is 3.50. The second kappa shape index (κ2) is 9.17. The van der Waals surface area contributed by atoms with Gasteiger partial charge in [0, 0.05) is 18.7 Å². The molecule has 0 bridgehead atoms. The molecule has 3 aromatic rings. The highest BCUT2D eigenvalue weighted by molar-refractivity contribution is 6.62. The standard InChI is InChI=1S/C27H32BClN2O5/c1-16-19(8-7-9-20(16)28-35-26(2,3)27(4,5)36-28)24-30-22-13-17(12-21(29)23(22)34-24)14-31-11-10-18(15-31)25(32)33-6/h7-9,12-13,18H,10-11,14-15H2,1-6H3/t18-/m1/s1. The molecule has 0 radical (unpaired) electrons. The lowest BCUT2D eigenvalue weighted by molar-refractivity contribution is -0.144. The molecule has 0 N–H and O–H groups in total. The van der Waals surface area contributed by atoms with Gasteiger partial charge in [0.2, 0.25) is 5.89 Å². The maximum Gasteiger partial charge on any atom is 0.495 e. The average molecular weight is 511 g/mol. The van der Waals surface area contributed by atoms with E-state index in [1.165, 1.54) is 7.11 Å². The van der Waals surface area contributed by atoms with Gasteiger partial charge in [-0.3, -0.25) is 9.69 Å². The second-order valence-electron chi connectivity index (χ2n) is 10.8. The van der Waals surface area contributed by atoms with Crippen LogP contribution in [0.3, 0.4) is 0 Å². The monoisotopic (exact) mass is 510 g/mol. The summed E-state index contributed by atoms with van der Waals surface area (Å²) in [5.41, 5.74) is 4.26. The molecule has 36 heavy (non-hydrogen) atoms. The number of hydrogen-bond acceptors (Lipinski definition) is 7. The van der Waals surface area contributed by atoms with Crippen molar-refractivity contribution in [2.75, 3.05) is 20.2 Å². The first kappa shape index (κ1) is 25.3. The summed E-state index contributed by atoms with van der Waals surface area (Å²) in [6.45, 7) is 12.4. The molecule has 0 spiro atoms. The van der Waals surface area contributed by atoms with Gasteiger partial charge in [-0.25, -0.2) is 4.98 Å². The largest absolute Gasteiger partial charge is 0.495 e. The van der Waals surface area contributed by atoms with Crippen molar-refractivity contribution in [3.05, 3.63) is 46.5 Å². The second-order valence-corrected chi connectivity index (χ2v) is 11.2. The van der Waals surface area contributed by atoms with Crippen molar-refractivity contribution in [3.8, 4) is 11.5 Å². The van der Waals surface area contributed by atoms with Crippen molar-refractivity contribution in [3.63, 3.8) is 0 Å². The third-order valence-corrected chi connectivity index (χ3v) is 8.11. The molecule has 2 saturated heterocycles. The number of esters is 1. The quantitative estimate of drug-likeness (QED) is 0.362. The molecule has 2 aliphatic rings. The predicted molar refractivity (Wildman–Crippen MR) is 140 cm³/mol. The molecule has 0 amide bonds. The zero-order valence-electron chi connectivity index (χ0n) is 21.7. The van der Waals surface area contributed by atoms with E-state index in [-0.39, 0.29) is 11.9 Å². The van der Waals surface area contributed by atoms with Crippen molar-refractivity contribution >= 4 is 41.3 Å². The van der Waals surface area contributed by atoms with Crippen molar-refractivity contribution in [1.29, 1.82) is 0 Å². The number of benzene rings is 2. The number of ether oxygens (including phenoxy) is 1. The van der Waals surface area contributed by atoms with Gasteiger partial charge in [-0.2, -0.15) is 0 Å². The minimum absolute atomic E-state index is 0.0768. The SMILES string of the molecule is COC(=O)[C@@H]1CCN(Cc2cc(Cl)c3oc(-c4cccc(B5OC(C)(C)C(C)(C)O5)c4C)nc3c2)C1. The molecular formula is C27H32BClN2O5. The van der Waals surface area contributed by atoms with Gasteiger partial charge in [-0.05, 0) is 82.4 Å². The Morgan fingerprint density at radius 3 is 2.64 bits per heavy atom. The lowest BCUT2D eigenvalue weighted by atomic mass is 9.75. The highest BCUT2D eigenvalue weighted by atomic mass is 35.5. The topological polar surface area (TPSA) is 74.0 Å². The number of likely N-dealkylation sites (tertiary alicyclic amines) is 1. The molecule has 5 rings (SSSR count). The Kier molecular flexibility index (Phi) is 6.44. The number of methoxy groups -OCH3 is 1. The van der Waals surface area contributed by atoms with Gasteiger partial charge in [0.15, 0.2) is 5.58 Å². The van der Waals surface area contributed by atoms with Gasteiger partial charge < -0.3 is 18.5 Å². The maximum absolute atomic E-state index is 11.9. The first-order chi connectivity index (χ1) is 17.0. The van der Waals surface area contributed by atoms with Gasteiger partial charge >= 0.3 is 13.1 Å². The molecule has 1 atom stereocenters. The number of hydrogen-bond donors (Lipinski definition) is 0. The van der Waals surface area contributed by atoms with Gasteiger partial charge in [-0.1, -0.05) is 23.7 Å². The number of halogens is 1. The number of rotatable bonds is 5. The molecule has 9 heteroatoms. The normalized spacial score (nSPS) is 21.4. The third kappa shape index (κ3) is 4.45. The molecule has 0 unspecified atom stereocenters. The van der Waals surface area contributed by atoms with Crippen LogP contribution in [0.1, 0.15) is 45.2 Å². The number of oxazole rings is 1. The summed E-state index contributed by atoms with van der Waals surface area (Å²) in [6.07, 6.45) is 0.801. The van der Waals surface area contributed by atoms with Crippen molar-refractivity contribution in [2.24, 2.45) is 5.92 Å². The van der Waals surface area contributed by atoms with Gasteiger partial charge in [0.1, 0.15) is 5.52 Å². The Morgan fingerprint density at radius 1 is 1.22 bits per heavy atom. The molecular weight excluding hydrogens is 479 g/mol. The highest BCUT2D eigenvalue weighted by Crippen LogP contribution is 2.38. The van der Waals surface area contributed by atoms with Crippen molar-refractivity contribution in [2.45, 2.75) is 58.8 Å².